The minimum absolute atomic E-state index is 0.676. The molecule has 118 valence electrons. The average molecular weight is 308 g/mol. The first-order chi connectivity index (χ1) is 10.2. The van der Waals surface area contributed by atoms with Gasteiger partial charge in [-0.2, -0.15) is 11.8 Å². The van der Waals surface area contributed by atoms with Crippen LogP contribution in [0.2, 0.25) is 0 Å². The van der Waals surface area contributed by atoms with Crippen molar-refractivity contribution < 1.29 is 0 Å². The maximum Gasteiger partial charge on any atom is 0.137 e. The topological polar surface area (TPSA) is 41.1 Å². The monoisotopic (exact) mass is 308 g/mol. The van der Waals surface area contributed by atoms with Crippen molar-refractivity contribution in [2.45, 2.75) is 52.2 Å². The molecule has 0 bridgehead atoms. The molecule has 1 aromatic rings. The number of rotatable bonds is 6. The summed E-state index contributed by atoms with van der Waals surface area (Å²) in [6.45, 7) is 12.0. The first kappa shape index (κ1) is 16.4. The lowest BCUT2D eigenvalue weighted by Crippen LogP contribution is -2.38. The molecule has 0 spiro atoms. The molecule has 1 fully saturated rings. The lowest BCUT2D eigenvalue weighted by Gasteiger charge is -2.33. The highest BCUT2D eigenvalue weighted by molar-refractivity contribution is 8.00. The Morgan fingerprint density at radius 2 is 2.10 bits per heavy atom. The Bertz CT molecular complexity index is 464. The van der Waals surface area contributed by atoms with Crippen LogP contribution >= 0.6 is 11.8 Å². The van der Waals surface area contributed by atoms with E-state index >= 15 is 0 Å². The molecule has 4 nitrogen and oxygen atoms in total. The summed E-state index contributed by atoms with van der Waals surface area (Å²) in [6, 6.07) is 0. The van der Waals surface area contributed by atoms with E-state index in [4.69, 9.17) is 9.97 Å². The zero-order chi connectivity index (χ0) is 15.2. The fourth-order valence-corrected chi connectivity index (χ4v) is 3.63. The van der Waals surface area contributed by atoms with Gasteiger partial charge in [0.25, 0.3) is 0 Å². The third kappa shape index (κ3) is 4.25. The quantitative estimate of drug-likeness (QED) is 0.871. The first-order valence-corrected chi connectivity index (χ1v) is 9.18. The molecule has 21 heavy (non-hydrogen) atoms. The second-order valence-corrected chi connectivity index (χ2v) is 7.29. The number of thioether (sulfide) groups is 1. The third-order valence-electron chi connectivity index (χ3n) is 3.72. The van der Waals surface area contributed by atoms with Gasteiger partial charge in [0.15, 0.2) is 0 Å². The maximum atomic E-state index is 4.85. The van der Waals surface area contributed by atoms with Gasteiger partial charge in [0.1, 0.15) is 17.5 Å². The van der Waals surface area contributed by atoms with E-state index in [9.17, 15) is 0 Å². The van der Waals surface area contributed by atoms with E-state index in [0.29, 0.717) is 5.25 Å². The molecule has 1 saturated heterocycles. The smallest absolute Gasteiger partial charge is 0.137 e. The first-order valence-electron chi connectivity index (χ1n) is 8.13. The molecule has 2 rings (SSSR count). The summed E-state index contributed by atoms with van der Waals surface area (Å²) < 4.78 is 0. The predicted octanol–water partition coefficient (Wildman–Crippen LogP) is 3.50. The Balaban J connectivity index is 2.30. The standard InChI is InChI=1S/C16H28N4S/c1-5-7-14-18-15(17-8-6-2)13(4)16(19-14)20-9-10-21-12(3)11-20/h12H,5-11H2,1-4H3,(H,17,18,19). The van der Waals surface area contributed by atoms with Crippen LogP contribution < -0.4 is 10.2 Å². The van der Waals surface area contributed by atoms with Gasteiger partial charge in [0, 0.05) is 42.6 Å². The fourth-order valence-electron chi connectivity index (χ4n) is 2.62. The summed E-state index contributed by atoms with van der Waals surface area (Å²) >= 11 is 2.05. The molecule has 1 N–H and O–H groups in total. The molecule has 0 saturated carbocycles. The zero-order valence-electron chi connectivity index (χ0n) is 13.8. The number of nitrogens with zero attached hydrogens (tertiary/aromatic N) is 3. The molecular weight excluding hydrogens is 280 g/mol. The summed E-state index contributed by atoms with van der Waals surface area (Å²) in [5, 5.41) is 4.14. The molecule has 1 aliphatic rings. The summed E-state index contributed by atoms with van der Waals surface area (Å²) in [5.41, 5.74) is 1.20. The molecule has 0 aromatic carbocycles. The Hall–Kier alpha value is -0.970. The van der Waals surface area contributed by atoms with Crippen LogP contribution in [-0.2, 0) is 6.42 Å². The molecule has 1 atom stereocenters. The van der Waals surface area contributed by atoms with Crippen LogP contribution in [0.15, 0.2) is 0 Å². The summed E-state index contributed by atoms with van der Waals surface area (Å²) in [4.78, 5) is 12.0. The number of hydrogen-bond acceptors (Lipinski definition) is 5. The highest BCUT2D eigenvalue weighted by Crippen LogP contribution is 2.28. The minimum atomic E-state index is 0.676. The summed E-state index contributed by atoms with van der Waals surface area (Å²) in [5.74, 6) is 4.32. The number of aromatic nitrogens is 2. The van der Waals surface area contributed by atoms with Crippen molar-refractivity contribution in [3.63, 3.8) is 0 Å². The summed E-state index contributed by atoms with van der Waals surface area (Å²) in [7, 11) is 0. The van der Waals surface area contributed by atoms with Gasteiger partial charge in [-0.3, -0.25) is 0 Å². The minimum Gasteiger partial charge on any atom is -0.370 e. The van der Waals surface area contributed by atoms with Crippen molar-refractivity contribution in [3.8, 4) is 0 Å². The molecule has 0 radical (unpaired) electrons. The van der Waals surface area contributed by atoms with Crippen LogP contribution in [0.25, 0.3) is 0 Å². The Kier molecular flexibility index (Phi) is 6.15. The molecule has 1 unspecified atom stereocenters. The molecule has 0 aliphatic carbocycles. The highest BCUT2D eigenvalue weighted by atomic mass is 32.2. The van der Waals surface area contributed by atoms with E-state index in [1.54, 1.807) is 0 Å². The average Bonchev–Trinajstić information content (AvgIpc) is 2.47. The van der Waals surface area contributed by atoms with Gasteiger partial charge < -0.3 is 10.2 Å². The molecule has 0 amide bonds. The largest absolute Gasteiger partial charge is 0.370 e. The van der Waals surface area contributed by atoms with Crippen LogP contribution in [0, 0.1) is 6.92 Å². The molecular formula is C16H28N4S. The Morgan fingerprint density at radius 1 is 1.29 bits per heavy atom. The molecule has 2 heterocycles. The third-order valence-corrected chi connectivity index (χ3v) is 4.86. The molecule has 1 aromatic heterocycles. The van der Waals surface area contributed by atoms with E-state index in [2.05, 4.69) is 49.7 Å². The second kappa shape index (κ2) is 7.87. The van der Waals surface area contributed by atoms with Crippen molar-refractivity contribution >= 4 is 23.4 Å². The van der Waals surface area contributed by atoms with Crippen LogP contribution in [0.1, 0.15) is 45.0 Å². The lowest BCUT2D eigenvalue weighted by atomic mass is 10.2. The zero-order valence-corrected chi connectivity index (χ0v) is 14.6. The number of anilines is 2. The lowest BCUT2D eigenvalue weighted by molar-refractivity contribution is 0.748. The van der Waals surface area contributed by atoms with E-state index in [1.165, 1.54) is 11.3 Å². The molecule has 5 heteroatoms. The number of hydrogen-bond donors (Lipinski definition) is 1. The van der Waals surface area contributed by atoms with Crippen molar-refractivity contribution in [1.82, 2.24) is 9.97 Å². The van der Waals surface area contributed by atoms with E-state index in [-0.39, 0.29) is 0 Å². The number of nitrogens with one attached hydrogen (secondary N) is 1. The van der Waals surface area contributed by atoms with Gasteiger partial charge in [-0.25, -0.2) is 9.97 Å². The van der Waals surface area contributed by atoms with E-state index in [0.717, 1.165) is 56.4 Å². The van der Waals surface area contributed by atoms with E-state index in [1.807, 2.05) is 0 Å². The van der Waals surface area contributed by atoms with Crippen molar-refractivity contribution in [3.05, 3.63) is 11.4 Å². The predicted molar refractivity (Wildman–Crippen MR) is 93.7 cm³/mol. The highest BCUT2D eigenvalue weighted by Gasteiger charge is 2.21. The van der Waals surface area contributed by atoms with Crippen molar-refractivity contribution in [1.29, 1.82) is 0 Å². The van der Waals surface area contributed by atoms with Crippen LogP contribution in [0.3, 0.4) is 0 Å². The van der Waals surface area contributed by atoms with Gasteiger partial charge >= 0.3 is 0 Å². The van der Waals surface area contributed by atoms with Gasteiger partial charge in [-0.15, -0.1) is 0 Å². The van der Waals surface area contributed by atoms with Crippen molar-refractivity contribution in [2.75, 3.05) is 35.6 Å². The fraction of sp³-hybridized carbons (Fsp3) is 0.750. The molecule has 1 aliphatic heterocycles. The van der Waals surface area contributed by atoms with Gasteiger partial charge in [-0.1, -0.05) is 20.8 Å². The van der Waals surface area contributed by atoms with Crippen LogP contribution in [-0.4, -0.2) is 40.6 Å². The number of aryl methyl sites for hydroxylation is 1. The normalized spacial score (nSPS) is 18.9. The van der Waals surface area contributed by atoms with E-state index < -0.39 is 0 Å². The van der Waals surface area contributed by atoms with Gasteiger partial charge in [-0.05, 0) is 19.8 Å². The maximum absolute atomic E-state index is 4.85. The van der Waals surface area contributed by atoms with Crippen LogP contribution in [0.4, 0.5) is 11.6 Å². The van der Waals surface area contributed by atoms with Crippen molar-refractivity contribution in [2.24, 2.45) is 0 Å². The second-order valence-electron chi connectivity index (χ2n) is 5.74. The Morgan fingerprint density at radius 3 is 2.76 bits per heavy atom. The summed E-state index contributed by atoms with van der Waals surface area (Å²) in [6.07, 6.45) is 3.15. The SMILES string of the molecule is CCCNc1nc(CCC)nc(N2CCSC(C)C2)c1C. The van der Waals surface area contributed by atoms with Gasteiger partial charge in [0.2, 0.25) is 0 Å². The van der Waals surface area contributed by atoms with Crippen LogP contribution in [0.5, 0.6) is 0 Å². The Labute approximate surface area is 133 Å². The van der Waals surface area contributed by atoms with Gasteiger partial charge in [0.05, 0.1) is 0 Å².